The minimum Gasteiger partial charge on any atom is -0.356 e. The van der Waals surface area contributed by atoms with Crippen LogP contribution in [-0.2, 0) is 11.2 Å². The first kappa shape index (κ1) is 24.2. The van der Waals surface area contributed by atoms with E-state index in [1.54, 1.807) is 0 Å². The summed E-state index contributed by atoms with van der Waals surface area (Å²) in [6, 6.07) is 2.47. The maximum Gasteiger partial charge on any atom is 0.225 e. The summed E-state index contributed by atoms with van der Waals surface area (Å²) in [6.45, 7) is 4.79. The Morgan fingerprint density at radius 3 is 2.66 bits per heavy atom. The van der Waals surface area contributed by atoms with E-state index in [2.05, 4.69) is 38.5 Å². The standard InChI is InChI=1S/C21H33N5OS.HI/c1-16-15-23-9-7-17(16)8-10-24-21(22-2)25-19-5-3-18(4-6-19)20(27)26-11-13-28-14-12-26;/h7,9,15,18-19H,3-6,8,10-14H2,1-2H3,(H2,22,24,25);1H. The van der Waals surface area contributed by atoms with Crippen LogP contribution >= 0.6 is 35.7 Å². The second kappa shape index (κ2) is 12.6. The summed E-state index contributed by atoms with van der Waals surface area (Å²) in [5.41, 5.74) is 2.54. The van der Waals surface area contributed by atoms with E-state index in [9.17, 15) is 4.79 Å². The fourth-order valence-corrected chi connectivity index (χ4v) is 4.92. The maximum atomic E-state index is 12.7. The number of guanidine groups is 1. The molecule has 29 heavy (non-hydrogen) atoms. The zero-order valence-electron chi connectivity index (χ0n) is 17.5. The molecule has 1 aromatic rings. The zero-order valence-corrected chi connectivity index (χ0v) is 20.7. The molecule has 1 saturated carbocycles. The SMILES string of the molecule is CN=C(NCCc1ccncc1C)NC1CCC(C(=O)N2CCSCC2)CC1.I. The minimum atomic E-state index is 0. The van der Waals surface area contributed by atoms with Crippen LogP contribution in [0.25, 0.3) is 0 Å². The molecule has 1 aliphatic carbocycles. The number of aliphatic imine (C=N–C) groups is 1. The van der Waals surface area contributed by atoms with Crippen LogP contribution < -0.4 is 10.6 Å². The number of nitrogens with one attached hydrogen (secondary N) is 2. The van der Waals surface area contributed by atoms with E-state index in [1.807, 2.05) is 31.2 Å². The van der Waals surface area contributed by atoms with E-state index in [-0.39, 0.29) is 29.9 Å². The van der Waals surface area contributed by atoms with Crippen molar-refractivity contribution in [1.82, 2.24) is 20.5 Å². The number of nitrogens with zero attached hydrogens (tertiary/aromatic N) is 3. The lowest BCUT2D eigenvalue weighted by atomic mass is 9.85. The number of carbonyl (C=O) groups is 1. The van der Waals surface area contributed by atoms with Gasteiger partial charge in [-0.25, -0.2) is 0 Å². The second-order valence-electron chi connectivity index (χ2n) is 7.68. The molecule has 0 bridgehead atoms. The number of halogens is 1. The Labute approximate surface area is 196 Å². The molecule has 162 valence electrons. The van der Waals surface area contributed by atoms with E-state index in [0.29, 0.717) is 11.9 Å². The molecule has 0 unspecified atom stereocenters. The summed E-state index contributed by atoms with van der Waals surface area (Å²) >= 11 is 1.95. The molecular weight excluding hydrogens is 497 g/mol. The molecule has 1 saturated heterocycles. The van der Waals surface area contributed by atoms with Crippen molar-refractivity contribution in [3.8, 4) is 0 Å². The van der Waals surface area contributed by atoms with Gasteiger partial charge in [0.15, 0.2) is 5.96 Å². The molecule has 0 atom stereocenters. The van der Waals surface area contributed by atoms with Crippen molar-refractivity contribution in [2.24, 2.45) is 10.9 Å². The summed E-state index contributed by atoms with van der Waals surface area (Å²) in [5.74, 6) is 3.63. The largest absolute Gasteiger partial charge is 0.356 e. The first-order valence-corrected chi connectivity index (χ1v) is 11.6. The van der Waals surface area contributed by atoms with Gasteiger partial charge >= 0.3 is 0 Å². The summed E-state index contributed by atoms with van der Waals surface area (Å²) < 4.78 is 0. The average Bonchev–Trinajstić information content (AvgIpc) is 2.75. The topological polar surface area (TPSA) is 69.6 Å². The molecule has 0 spiro atoms. The number of rotatable bonds is 5. The number of hydrogen-bond donors (Lipinski definition) is 2. The normalized spacial score (nSPS) is 22.6. The Balaban J connectivity index is 0.00000300. The van der Waals surface area contributed by atoms with Crippen LogP contribution in [0.5, 0.6) is 0 Å². The molecule has 8 heteroatoms. The van der Waals surface area contributed by atoms with Gasteiger partial charge in [0.1, 0.15) is 0 Å². The number of hydrogen-bond acceptors (Lipinski definition) is 4. The summed E-state index contributed by atoms with van der Waals surface area (Å²) in [7, 11) is 1.82. The quantitative estimate of drug-likeness (QED) is 0.348. The van der Waals surface area contributed by atoms with Gasteiger partial charge in [-0.2, -0.15) is 11.8 Å². The third-order valence-corrected chi connectivity index (χ3v) is 6.73. The summed E-state index contributed by atoms with van der Waals surface area (Å²) in [6.07, 6.45) is 8.72. The Hall–Kier alpha value is -1.03. The highest BCUT2D eigenvalue weighted by atomic mass is 127. The molecule has 2 heterocycles. The van der Waals surface area contributed by atoms with Crippen LogP contribution in [0.2, 0.25) is 0 Å². The fraction of sp³-hybridized carbons (Fsp3) is 0.667. The van der Waals surface area contributed by atoms with Gasteiger partial charge in [0.25, 0.3) is 0 Å². The molecular formula is C21H34IN5OS. The third kappa shape index (κ3) is 7.31. The van der Waals surface area contributed by atoms with E-state index in [0.717, 1.165) is 69.2 Å². The average molecular weight is 532 g/mol. The van der Waals surface area contributed by atoms with Crippen molar-refractivity contribution in [3.05, 3.63) is 29.6 Å². The van der Waals surface area contributed by atoms with Crippen LogP contribution in [-0.4, -0.2) is 66.0 Å². The first-order valence-electron chi connectivity index (χ1n) is 10.4. The number of carbonyl (C=O) groups excluding carboxylic acids is 1. The van der Waals surface area contributed by atoms with E-state index >= 15 is 0 Å². The van der Waals surface area contributed by atoms with Gasteiger partial charge in [0.2, 0.25) is 5.91 Å². The van der Waals surface area contributed by atoms with Crippen molar-refractivity contribution in [1.29, 1.82) is 0 Å². The first-order chi connectivity index (χ1) is 13.7. The predicted octanol–water partition coefficient (Wildman–Crippen LogP) is 2.85. The monoisotopic (exact) mass is 531 g/mol. The molecule has 1 aromatic heterocycles. The van der Waals surface area contributed by atoms with Crippen LogP contribution in [0, 0.1) is 12.8 Å². The summed E-state index contributed by atoms with van der Waals surface area (Å²) in [5, 5.41) is 6.96. The molecule has 2 fully saturated rings. The molecule has 2 aliphatic rings. The molecule has 3 rings (SSSR count). The highest BCUT2D eigenvalue weighted by molar-refractivity contribution is 14.0. The maximum absolute atomic E-state index is 12.7. The minimum absolute atomic E-state index is 0. The molecule has 6 nitrogen and oxygen atoms in total. The Bertz CT molecular complexity index is 673. The van der Waals surface area contributed by atoms with E-state index in [1.165, 1.54) is 11.1 Å². The predicted molar refractivity (Wildman–Crippen MR) is 132 cm³/mol. The lowest BCUT2D eigenvalue weighted by molar-refractivity contribution is -0.136. The number of aryl methyl sites for hydroxylation is 1. The fourth-order valence-electron chi connectivity index (χ4n) is 4.01. The highest BCUT2D eigenvalue weighted by Crippen LogP contribution is 2.27. The van der Waals surface area contributed by atoms with Gasteiger partial charge in [-0.05, 0) is 56.2 Å². The number of pyridine rings is 1. The van der Waals surface area contributed by atoms with E-state index < -0.39 is 0 Å². The van der Waals surface area contributed by atoms with Crippen molar-refractivity contribution in [2.45, 2.75) is 45.1 Å². The van der Waals surface area contributed by atoms with Gasteiger partial charge < -0.3 is 15.5 Å². The van der Waals surface area contributed by atoms with Gasteiger partial charge in [-0.1, -0.05) is 0 Å². The van der Waals surface area contributed by atoms with Crippen LogP contribution in [0.4, 0.5) is 0 Å². The molecule has 1 aliphatic heterocycles. The number of thioether (sulfide) groups is 1. The van der Waals surface area contributed by atoms with Gasteiger partial charge in [-0.15, -0.1) is 24.0 Å². The van der Waals surface area contributed by atoms with Crippen molar-refractivity contribution in [3.63, 3.8) is 0 Å². The van der Waals surface area contributed by atoms with Gasteiger partial charge in [0, 0.05) is 62.5 Å². The van der Waals surface area contributed by atoms with Crippen molar-refractivity contribution < 1.29 is 4.79 Å². The molecule has 0 aromatic carbocycles. The second-order valence-corrected chi connectivity index (χ2v) is 8.91. The Morgan fingerprint density at radius 2 is 2.00 bits per heavy atom. The lowest BCUT2D eigenvalue weighted by Gasteiger charge is -2.34. The smallest absolute Gasteiger partial charge is 0.225 e. The van der Waals surface area contributed by atoms with Gasteiger partial charge in [0.05, 0.1) is 0 Å². The molecule has 1 amide bonds. The number of aromatic nitrogens is 1. The summed E-state index contributed by atoms with van der Waals surface area (Å²) in [4.78, 5) is 23.3. The number of amides is 1. The van der Waals surface area contributed by atoms with Crippen molar-refractivity contribution >= 4 is 47.6 Å². The highest BCUT2D eigenvalue weighted by Gasteiger charge is 2.30. The van der Waals surface area contributed by atoms with Crippen LogP contribution in [0.3, 0.4) is 0 Å². The molecule has 0 radical (unpaired) electrons. The van der Waals surface area contributed by atoms with Gasteiger partial charge in [-0.3, -0.25) is 14.8 Å². The third-order valence-electron chi connectivity index (χ3n) is 5.79. The zero-order chi connectivity index (χ0) is 19.8. The van der Waals surface area contributed by atoms with Crippen LogP contribution in [0.15, 0.2) is 23.5 Å². The van der Waals surface area contributed by atoms with E-state index in [4.69, 9.17) is 0 Å². The van der Waals surface area contributed by atoms with Crippen molar-refractivity contribution in [2.75, 3.05) is 38.2 Å². The molecule has 2 N–H and O–H groups in total. The van der Waals surface area contributed by atoms with Crippen LogP contribution in [0.1, 0.15) is 36.8 Å². The Kier molecular flexibility index (Phi) is 10.5. The lowest BCUT2D eigenvalue weighted by Crippen LogP contribution is -2.47. The Morgan fingerprint density at radius 1 is 1.28 bits per heavy atom.